The summed E-state index contributed by atoms with van der Waals surface area (Å²) in [5.74, 6) is -1.14. The summed E-state index contributed by atoms with van der Waals surface area (Å²) < 4.78 is 5.02. The Balaban J connectivity index is 2.59. The Kier molecular flexibility index (Phi) is 4.12. The van der Waals surface area contributed by atoms with Gasteiger partial charge in [0.15, 0.2) is 6.10 Å². The highest BCUT2D eigenvalue weighted by atomic mass is 16.6. The van der Waals surface area contributed by atoms with Crippen molar-refractivity contribution >= 4 is 22.9 Å². The highest BCUT2D eigenvalue weighted by Gasteiger charge is 2.40. The first-order chi connectivity index (χ1) is 10.2. The number of fused-ring (bicyclic) bond motifs is 1. The molecule has 0 bridgehead atoms. The van der Waals surface area contributed by atoms with Gasteiger partial charge < -0.3 is 21.2 Å². The predicted molar refractivity (Wildman–Crippen MR) is 84.1 cm³/mol. The van der Waals surface area contributed by atoms with E-state index < -0.39 is 24.0 Å². The molecule has 2 rings (SSSR count). The summed E-state index contributed by atoms with van der Waals surface area (Å²) in [5, 5.41) is 0.960. The molecular formula is C16H21N3O3. The van der Waals surface area contributed by atoms with Gasteiger partial charge in [-0.25, -0.2) is 4.79 Å². The van der Waals surface area contributed by atoms with E-state index >= 15 is 0 Å². The third kappa shape index (κ3) is 3.05. The molecule has 1 aromatic carbocycles. The minimum absolute atomic E-state index is 0.375. The van der Waals surface area contributed by atoms with Crippen molar-refractivity contribution in [3.05, 3.63) is 36.0 Å². The van der Waals surface area contributed by atoms with Crippen LogP contribution in [-0.4, -0.2) is 23.1 Å². The van der Waals surface area contributed by atoms with Crippen molar-refractivity contribution in [1.82, 2.24) is 4.98 Å². The number of hydrogen-bond donors (Lipinski definition) is 3. The molecule has 5 N–H and O–H groups in total. The Bertz CT molecular complexity index is 700. The number of ether oxygens (including phenoxy) is 1. The third-order valence-corrected chi connectivity index (χ3v) is 3.72. The molecule has 22 heavy (non-hydrogen) atoms. The zero-order valence-electron chi connectivity index (χ0n) is 12.9. The van der Waals surface area contributed by atoms with E-state index in [1.165, 1.54) is 0 Å². The molecule has 118 valence electrons. The normalized spacial score (nSPS) is 14.5. The number of carbonyl (C=O) groups excluding carboxylic acids is 2. The quantitative estimate of drug-likeness (QED) is 0.805. The molecule has 0 fully saturated rings. The van der Waals surface area contributed by atoms with Crippen LogP contribution in [0.5, 0.6) is 0 Å². The molecular weight excluding hydrogens is 282 g/mol. The topological polar surface area (TPSA) is 111 Å². The molecule has 0 aliphatic carbocycles. The SMILES string of the molecule is CC(C)(C)C(c1c[nH]c2ccccc12)[C@@H](OC(N)=O)C(N)=O. The molecule has 1 aromatic heterocycles. The van der Waals surface area contributed by atoms with Gasteiger partial charge in [0, 0.05) is 23.0 Å². The predicted octanol–water partition coefficient (Wildman–Crippen LogP) is 2.25. The number of rotatable bonds is 4. The van der Waals surface area contributed by atoms with Gasteiger partial charge in [0.2, 0.25) is 0 Å². The van der Waals surface area contributed by atoms with Crippen LogP contribution < -0.4 is 11.5 Å². The number of benzene rings is 1. The maximum Gasteiger partial charge on any atom is 0.405 e. The summed E-state index contributed by atoms with van der Waals surface area (Å²) in [4.78, 5) is 26.2. The number of amides is 2. The van der Waals surface area contributed by atoms with Crippen molar-refractivity contribution < 1.29 is 14.3 Å². The molecule has 6 heteroatoms. The van der Waals surface area contributed by atoms with E-state index in [0.717, 1.165) is 16.5 Å². The van der Waals surface area contributed by atoms with E-state index in [9.17, 15) is 9.59 Å². The molecule has 0 saturated heterocycles. The Labute approximate surface area is 128 Å². The summed E-state index contributed by atoms with van der Waals surface area (Å²) in [6.07, 6.45) is -0.324. The van der Waals surface area contributed by atoms with Gasteiger partial charge in [0.05, 0.1) is 0 Å². The van der Waals surface area contributed by atoms with Gasteiger partial charge in [-0.2, -0.15) is 0 Å². The molecule has 0 spiro atoms. The van der Waals surface area contributed by atoms with Crippen LogP contribution in [0.25, 0.3) is 10.9 Å². The third-order valence-electron chi connectivity index (χ3n) is 3.72. The smallest absolute Gasteiger partial charge is 0.405 e. The Morgan fingerprint density at radius 2 is 1.82 bits per heavy atom. The summed E-state index contributed by atoms with van der Waals surface area (Å²) in [6.45, 7) is 5.87. The van der Waals surface area contributed by atoms with Crippen molar-refractivity contribution in [2.24, 2.45) is 16.9 Å². The average Bonchev–Trinajstić information content (AvgIpc) is 2.80. The number of nitrogens with two attached hydrogens (primary N) is 2. The average molecular weight is 303 g/mol. The highest BCUT2D eigenvalue weighted by molar-refractivity contribution is 5.87. The molecule has 0 radical (unpaired) electrons. The summed E-state index contributed by atoms with van der Waals surface area (Å²) in [6, 6.07) is 7.71. The second kappa shape index (κ2) is 5.71. The zero-order valence-corrected chi connectivity index (χ0v) is 12.9. The molecule has 2 atom stereocenters. The van der Waals surface area contributed by atoms with Crippen molar-refractivity contribution in [3.63, 3.8) is 0 Å². The lowest BCUT2D eigenvalue weighted by molar-refractivity contribution is -0.128. The van der Waals surface area contributed by atoms with E-state index in [2.05, 4.69) is 4.98 Å². The molecule has 1 unspecified atom stereocenters. The van der Waals surface area contributed by atoms with E-state index in [4.69, 9.17) is 16.2 Å². The second-order valence-electron chi connectivity index (χ2n) is 6.39. The molecule has 0 aliphatic heterocycles. The Hall–Kier alpha value is -2.50. The lowest BCUT2D eigenvalue weighted by atomic mass is 9.73. The molecule has 6 nitrogen and oxygen atoms in total. The van der Waals surface area contributed by atoms with Gasteiger partial charge in [-0.15, -0.1) is 0 Å². The van der Waals surface area contributed by atoms with Crippen LogP contribution in [0.3, 0.4) is 0 Å². The fourth-order valence-electron chi connectivity index (χ4n) is 2.85. The standard InChI is InChI=1S/C16H21N3O3/c1-16(2,3)12(13(14(17)20)22-15(18)21)10-8-19-11-7-5-4-6-9(10)11/h4-8,12-13,19H,1-3H3,(H2,17,20)(H2,18,21)/t12?,13-/m1/s1. The molecule has 2 aromatic rings. The van der Waals surface area contributed by atoms with Gasteiger partial charge in [-0.3, -0.25) is 4.79 Å². The zero-order chi connectivity index (χ0) is 16.5. The van der Waals surface area contributed by atoms with Gasteiger partial charge in [-0.05, 0) is 17.0 Å². The van der Waals surface area contributed by atoms with E-state index in [0.29, 0.717) is 0 Å². The van der Waals surface area contributed by atoms with E-state index in [1.807, 2.05) is 51.2 Å². The van der Waals surface area contributed by atoms with Crippen LogP contribution in [-0.2, 0) is 9.53 Å². The van der Waals surface area contributed by atoms with Crippen LogP contribution in [0.1, 0.15) is 32.3 Å². The number of primary amides is 2. The van der Waals surface area contributed by atoms with Gasteiger partial charge in [-0.1, -0.05) is 39.0 Å². The monoisotopic (exact) mass is 303 g/mol. The van der Waals surface area contributed by atoms with Crippen LogP contribution in [0.15, 0.2) is 30.5 Å². The van der Waals surface area contributed by atoms with E-state index in [1.54, 1.807) is 0 Å². The molecule has 0 aliphatic rings. The number of carbonyl (C=O) groups is 2. The highest BCUT2D eigenvalue weighted by Crippen LogP contribution is 2.41. The molecule has 0 saturated carbocycles. The fraction of sp³-hybridized carbons (Fsp3) is 0.375. The molecule has 1 heterocycles. The minimum atomic E-state index is -1.13. The van der Waals surface area contributed by atoms with Crippen molar-refractivity contribution in [2.45, 2.75) is 32.8 Å². The lowest BCUT2D eigenvalue weighted by Gasteiger charge is -2.34. The fourth-order valence-corrected chi connectivity index (χ4v) is 2.85. The number of para-hydroxylation sites is 1. The number of nitrogens with one attached hydrogen (secondary N) is 1. The molecule has 2 amide bonds. The summed E-state index contributed by atoms with van der Waals surface area (Å²) >= 11 is 0. The van der Waals surface area contributed by atoms with Gasteiger partial charge in [0.25, 0.3) is 5.91 Å². The maximum absolute atomic E-state index is 11.8. The number of hydrogen-bond acceptors (Lipinski definition) is 3. The van der Waals surface area contributed by atoms with Crippen LogP contribution in [0.2, 0.25) is 0 Å². The maximum atomic E-state index is 11.8. The van der Waals surface area contributed by atoms with Crippen LogP contribution in [0.4, 0.5) is 4.79 Å². The van der Waals surface area contributed by atoms with Crippen LogP contribution in [0, 0.1) is 5.41 Å². The first-order valence-corrected chi connectivity index (χ1v) is 7.03. The van der Waals surface area contributed by atoms with Crippen molar-refractivity contribution in [3.8, 4) is 0 Å². The number of H-pyrrole nitrogens is 1. The number of aromatic amines is 1. The van der Waals surface area contributed by atoms with Crippen molar-refractivity contribution in [2.75, 3.05) is 0 Å². The minimum Gasteiger partial charge on any atom is -0.436 e. The Morgan fingerprint density at radius 3 is 2.36 bits per heavy atom. The largest absolute Gasteiger partial charge is 0.436 e. The van der Waals surface area contributed by atoms with Gasteiger partial charge >= 0.3 is 6.09 Å². The number of aromatic nitrogens is 1. The van der Waals surface area contributed by atoms with E-state index in [-0.39, 0.29) is 5.41 Å². The first kappa shape index (κ1) is 15.9. The first-order valence-electron chi connectivity index (χ1n) is 7.03. The van der Waals surface area contributed by atoms with Crippen LogP contribution >= 0.6 is 0 Å². The summed E-state index contributed by atoms with van der Waals surface area (Å²) in [7, 11) is 0. The lowest BCUT2D eigenvalue weighted by Crippen LogP contribution is -2.43. The Morgan fingerprint density at radius 1 is 1.18 bits per heavy atom. The second-order valence-corrected chi connectivity index (χ2v) is 6.39. The van der Waals surface area contributed by atoms with Crippen molar-refractivity contribution in [1.29, 1.82) is 0 Å². The van der Waals surface area contributed by atoms with Gasteiger partial charge in [0.1, 0.15) is 0 Å². The summed E-state index contributed by atoms with van der Waals surface area (Å²) in [5.41, 5.74) is 12.0.